The molecule has 0 aliphatic rings. The first-order chi connectivity index (χ1) is 12.2. The minimum absolute atomic E-state index is 0.0322. The van der Waals surface area contributed by atoms with E-state index in [1.165, 1.54) is 0 Å². The van der Waals surface area contributed by atoms with E-state index in [4.69, 9.17) is 4.52 Å². The number of rotatable bonds is 7. The van der Waals surface area contributed by atoms with Crippen LogP contribution in [0.3, 0.4) is 0 Å². The summed E-state index contributed by atoms with van der Waals surface area (Å²) in [6.07, 6.45) is 0. The lowest BCUT2D eigenvalue weighted by atomic mass is 10.4. The van der Waals surface area contributed by atoms with Gasteiger partial charge in [0.15, 0.2) is 9.84 Å². The minimum atomic E-state index is -3.33. The average molecular weight is 370 g/mol. The number of hydrogen-bond donors (Lipinski definition) is 0. The molecule has 25 heavy (non-hydrogen) atoms. The lowest BCUT2D eigenvalue weighted by Gasteiger charge is -2.18. The summed E-state index contributed by atoms with van der Waals surface area (Å²) in [6.45, 7) is 0.159. The summed E-state index contributed by atoms with van der Waals surface area (Å²) in [5, 5.41) is 2.14. The molecule has 0 saturated heterocycles. The molecule has 3 nitrogen and oxygen atoms in total. The highest BCUT2D eigenvalue weighted by atomic mass is 32.2. The molecule has 3 rings (SSSR count). The standard InChI is InChI=1S/C20H19O3PS/c21-25(22,20-14-8-3-9-15-20)17-16-23-24(18-10-4-1-5-11-18)19-12-6-2-7-13-19/h1-15H,16-17H2. The SMILES string of the molecule is O=S(=O)(CCOP(c1ccccc1)c1ccccc1)c1ccccc1. The van der Waals surface area contributed by atoms with E-state index in [-0.39, 0.29) is 12.4 Å². The quantitative estimate of drug-likeness (QED) is 0.598. The van der Waals surface area contributed by atoms with E-state index in [1.54, 1.807) is 30.3 Å². The smallest absolute Gasteiger partial charge is 0.180 e. The van der Waals surface area contributed by atoms with Crippen molar-refractivity contribution in [2.75, 3.05) is 12.4 Å². The van der Waals surface area contributed by atoms with Crippen molar-refractivity contribution in [3.05, 3.63) is 91.0 Å². The first-order valence-electron chi connectivity index (χ1n) is 7.98. The molecule has 0 atom stereocenters. The van der Waals surface area contributed by atoms with Crippen LogP contribution in [0, 0.1) is 0 Å². The van der Waals surface area contributed by atoms with Gasteiger partial charge in [-0.3, -0.25) is 0 Å². The maximum absolute atomic E-state index is 12.4. The molecular weight excluding hydrogens is 351 g/mol. The third kappa shape index (κ3) is 4.76. The van der Waals surface area contributed by atoms with E-state index in [2.05, 4.69) is 0 Å². The van der Waals surface area contributed by atoms with Crippen LogP contribution in [0.5, 0.6) is 0 Å². The second-order valence-electron chi connectivity index (χ2n) is 5.43. The third-order valence-corrected chi connectivity index (χ3v) is 7.33. The maximum Gasteiger partial charge on any atom is 0.180 e. The van der Waals surface area contributed by atoms with E-state index in [0.717, 1.165) is 10.6 Å². The van der Waals surface area contributed by atoms with Gasteiger partial charge >= 0.3 is 0 Å². The Kier molecular flexibility index (Phi) is 5.98. The van der Waals surface area contributed by atoms with Gasteiger partial charge in [0.1, 0.15) is 0 Å². The van der Waals surface area contributed by atoms with Crippen molar-refractivity contribution in [1.82, 2.24) is 0 Å². The molecule has 0 unspecified atom stereocenters. The van der Waals surface area contributed by atoms with E-state index < -0.39 is 18.0 Å². The molecule has 0 aromatic heterocycles. The van der Waals surface area contributed by atoms with Gasteiger partial charge in [0.05, 0.1) is 25.4 Å². The minimum Gasteiger partial charge on any atom is -0.349 e. The first-order valence-corrected chi connectivity index (χ1v) is 10.9. The van der Waals surface area contributed by atoms with Crippen LogP contribution in [-0.4, -0.2) is 20.8 Å². The molecule has 0 bridgehead atoms. The van der Waals surface area contributed by atoms with Crippen molar-refractivity contribution in [2.45, 2.75) is 4.90 Å². The fourth-order valence-electron chi connectivity index (χ4n) is 2.41. The van der Waals surface area contributed by atoms with E-state index >= 15 is 0 Å². The molecule has 0 heterocycles. The molecule has 0 aliphatic carbocycles. The molecule has 3 aromatic rings. The van der Waals surface area contributed by atoms with Crippen LogP contribution in [0.2, 0.25) is 0 Å². The summed E-state index contributed by atoms with van der Waals surface area (Å²) in [5.74, 6) is -0.0322. The summed E-state index contributed by atoms with van der Waals surface area (Å²) >= 11 is 0. The Bertz CT molecular complexity index is 842. The second kappa shape index (κ2) is 8.39. The fraction of sp³-hybridized carbons (Fsp3) is 0.100. The highest BCUT2D eigenvalue weighted by molar-refractivity contribution is 7.91. The molecule has 0 radical (unpaired) electrons. The van der Waals surface area contributed by atoms with Crippen molar-refractivity contribution in [3.63, 3.8) is 0 Å². The van der Waals surface area contributed by atoms with Crippen molar-refractivity contribution in [2.24, 2.45) is 0 Å². The van der Waals surface area contributed by atoms with Gasteiger partial charge in [-0.1, -0.05) is 78.9 Å². The Balaban J connectivity index is 1.74. The van der Waals surface area contributed by atoms with Crippen LogP contribution in [0.15, 0.2) is 95.9 Å². The van der Waals surface area contributed by atoms with E-state index in [1.807, 2.05) is 60.7 Å². The van der Waals surface area contributed by atoms with Gasteiger partial charge in [0.2, 0.25) is 0 Å². The maximum atomic E-state index is 12.4. The molecule has 0 fully saturated rings. The zero-order valence-electron chi connectivity index (χ0n) is 13.7. The normalized spacial score (nSPS) is 11.6. The predicted molar refractivity (Wildman–Crippen MR) is 104 cm³/mol. The molecule has 5 heteroatoms. The Morgan fingerprint density at radius 3 is 1.60 bits per heavy atom. The third-order valence-electron chi connectivity index (χ3n) is 3.66. The zero-order chi connectivity index (χ0) is 17.5. The Morgan fingerprint density at radius 2 is 1.12 bits per heavy atom. The topological polar surface area (TPSA) is 43.4 Å². The molecule has 0 spiro atoms. The van der Waals surface area contributed by atoms with E-state index in [9.17, 15) is 8.42 Å². The number of sulfone groups is 1. The van der Waals surface area contributed by atoms with Crippen LogP contribution in [0.4, 0.5) is 0 Å². The number of hydrogen-bond acceptors (Lipinski definition) is 3. The molecule has 128 valence electrons. The lowest BCUT2D eigenvalue weighted by Crippen LogP contribution is -2.17. The van der Waals surface area contributed by atoms with Gasteiger partial charge < -0.3 is 4.52 Å². The van der Waals surface area contributed by atoms with Gasteiger partial charge in [-0.05, 0) is 12.1 Å². The first kappa shape index (κ1) is 17.8. The number of benzene rings is 3. The Morgan fingerprint density at radius 1 is 0.680 bits per heavy atom. The van der Waals surface area contributed by atoms with Crippen molar-refractivity contribution < 1.29 is 12.9 Å². The lowest BCUT2D eigenvalue weighted by molar-refractivity contribution is 0.388. The van der Waals surface area contributed by atoms with Crippen LogP contribution in [0.1, 0.15) is 0 Å². The molecular formula is C20H19O3PS. The zero-order valence-corrected chi connectivity index (χ0v) is 15.4. The van der Waals surface area contributed by atoms with Gasteiger partial charge in [0.25, 0.3) is 0 Å². The Labute approximate surface area is 150 Å². The van der Waals surface area contributed by atoms with Crippen LogP contribution in [-0.2, 0) is 14.4 Å². The summed E-state index contributed by atoms with van der Waals surface area (Å²) in [5.41, 5.74) is 0. The van der Waals surface area contributed by atoms with Crippen molar-refractivity contribution >= 4 is 28.6 Å². The molecule has 3 aromatic carbocycles. The molecule has 0 aliphatic heterocycles. The van der Waals surface area contributed by atoms with Gasteiger partial charge in [-0.2, -0.15) is 0 Å². The highest BCUT2D eigenvalue weighted by Gasteiger charge is 2.18. The van der Waals surface area contributed by atoms with Gasteiger partial charge in [0, 0.05) is 10.6 Å². The van der Waals surface area contributed by atoms with Crippen LogP contribution in [0.25, 0.3) is 0 Å². The highest BCUT2D eigenvalue weighted by Crippen LogP contribution is 2.34. The van der Waals surface area contributed by atoms with Crippen LogP contribution < -0.4 is 10.6 Å². The predicted octanol–water partition coefficient (Wildman–Crippen LogP) is 3.52. The molecule has 0 amide bonds. The summed E-state index contributed by atoms with van der Waals surface area (Å²) in [7, 11) is -4.37. The molecule has 0 N–H and O–H groups in total. The summed E-state index contributed by atoms with van der Waals surface area (Å²) in [4.78, 5) is 0.336. The van der Waals surface area contributed by atoms with Crippen LogP contribution >= 0.6 is 8.15 Å². The van der Waals surface area contributed by atoms with Crippen molar-refractivity contribution in [1.29, 1.82) is 0 Å². The summed E-state index contributed by atoms with van der Waals surface area (Å²) < 4.78 is 30.9. The fourth-order valence-corrected chi connectivity index (χ4v) is 5.40. The monoisotopic (exact) mass is 370 g/mol. The molecule has 0 saturated carbocycles. The largest absolute Gasteiger partial charge is 0.349 e. The average Bonchev–Trinajstić information content (AvgIpc) is 2.67. The summed E-state index contributed by atoms with van der Waals surface area (Å²) in [6, 6.07) is 28.4. The van der Waals surface area contributed by atoms with E-state index in [0.29, 0.717) is 4.90 Å². The Hall–Kier alpha value is -2.00. The van der Waals surface area contributed by atoms with Gasteiger partial charge in [-0.15, -0.1) is 0 Å². The van der Waals surface area contributed by atoms with Crippen molar-refractivity contribution in [3.8, 4) is 0 Å². The second-order valence-corrected chi connectivity index (χ2v) is 9.42. The van der Waals surface area contributed by atoms with Gasteiger partial charge in [-0.25, -0.2) is 8.42 Å².